The highest BCUT2D eigenvalue weighted by Gasteiger charge is 2.36. The Morgan fingerprint density at radius 2 is 1.79 bits per heavy atom. The van der Waals surface area contributed by atoms with Gasteiger partial charge in [-0.15, -0.1) is 0 Å². The molecule has 5 nitrogen and oxygen atoms in total. The van der Waals surface area contributed by atoms with Crippen molar-refractivity contribution in [3.63, 3.8) is 0 Å². The zero-order chi connectivity index (χ0) is 19.7. The fraction of sp³-hybridized carbons (Fsp3) is 0.478. The molecule has 1 heterocycles. The number of hydrogen-bond donors (Lipinski definition) is 2. The van der Waals surface area contributed by atoms with E-state index in [2.05, 4.69) is 30.9 Å². The van der Waals surface area contributed by atoms with Crippen LogP contribution >= 0.6 is 0 Å². The van der Waals surface area contributed by atoms with Gasteiger partial charge in [-0.05, 0) is 31.0 Å². The third kappa shape index (κ3) is 3.94. The summed E-state index contributed by atoms with van der Waals surface area (Å²) in [4.78, 5) is 2.35. The van der Waals surface area contributed by atoms with Gasteiger partial charge < -0.3 is 19.7 Å². The Morgan fingerprint density at radius 1 is 1.04 bits per heavy atom. The van der Waals surface area contributed by atoms with E-state index in [1.54, 1.807) is 0 Å². The molecule has 0 spiro atoms. The summed E-state index contributed by atoms with van der Waals surface area (Å²) in [6, 6.07) is 16.5. The Bertz CT molecular complexity index is 794. The molecule has 2 aromatic rings. The average Bonchev–Trinajstić information content (AvgIpc) is 3.13. The molecule has 0 bridgehead atoms. The third-order valence-electron chi connectivity index (χ3n) is 5.73. The molecule has 2 aromatic carbocycles. The standard InChI is InChI=1S/C23H29NO4/c1-15(2)24-13-18(28-23(24)16-7-4-3-5-8-16)14-27-22-10-6-9-17-11-20(25)21(26)12-19(17)22/h3-10,15,18,20-21,23,25-26H,11-14H2,1-2H3. The van der Waals surface area contributed by atoms with E-state index in [9.17, 15) is 10.2 Å². The molecule has 1 saturated heterocycles. The monoisotopic (exact) mass is 383 g/mol. The van der Waals surface area contributed by atoms with Gasteiger partial charge >= 0.3 is 0 Å². The van der Waals surface area contributed by atoms with Crippen molar-refractivity contribution in [2.75, 3.05) is 13.2 Å². The van der Waals surface area contributed by atoms with Crippen LogP contribution < -0.4 is 4.74 Å². The second-order valence-corrected chi connectivity index (χ2v) is 8.06. The molecule has 4 rings (SSSR count). The average molecular weight is 383 g/mol. The molecule has 1 fully saturated rings. The van der Waals surface area contributed by atoms with Crippen molar-refractivity contribution in [1.29, 1.82) is 0 Å². The molecular formula is C23H29NO4. The Hall–Kier alpha value is -1.92. The zero-order valence-corrected chi connectivity index (χ0v) is 16.5. The molecule has 1 aliphatic carbocycles. The first-order chi connectivity index (χ1) is 13.5. The smallest absolute Gasteiger partial charge is 0.137 e. The second kappa shape index (κ2) is 8.21. The number of aliphatic hydroxyl groups is 2. The van der Waals surface area contributed by atoms with E-state index in [0.717, 1.165) is 29.0 Å². The minimum absolute atomic E-state index is 0.0254. The maximum atomic E-state index is 10.0. The molecule has 4 unspecified atom stereocenters. The normalized spacial score (nSPS) is 27.8. The van der Waals surface area contributed by atoms with Crippen molar-refractivity contribution in [3.8, 4) is 5.75 Å². The summed E-state index contributed by atoms with van der Waals surface area (Å²) in [5.41, 5.74) is 3.21. The third-order valence-corrected chi connectivity index (χ3v) is 5.73. The summed E-state index contributed by atoms with van der Waals surface area (Å²) in [6.45, 7) is 5.64. The van der Waals surface area contributed by atoms with Gasteiger partial charge in [0, 0.05) is 31.0 Å². The van der Waals surface area contributed by atoms with Crippen molar-refractivity contribution < 1.29 is 19.7 Å². The summed E-state index contributed by atoms with van der Waals surface area (Å²) >= 11 is 0. The van der Waals surface area contributed by atoms with Gasteiger partial charge in [0.2, 0.25) is 0 Å². The highest BCUT2D eigenvalue weighted by atomic mass is 16.6. The SMILES string of the molecule is CC(C)N1CC(COc2cccc3c2CC(O)C(O)C3)OC1c1ccccc1. The molecule has 4 atom stereocenters. The highest BCUT2D eigenvalue weighted by molar-refractivity contribution is 5.43. The maximum absolute atomic E-state index is 10.0. The van der Waals surface area contributed by atoms with Gasteiger partial charge in [0.25, 0.3) is 0 Å². The van der Waals surface area contributed by atoms with Gasteiger partial charge in [0.1, 0.15) is 24.7 Å². The Kier molecular flexibility index (Phi) is 5.69. The summed E-state index contributed by atoms with van der Waals surface area (Å²) in [5.74, 6) is 0.784. The number of fused-ring (bicyclic) bond motifs is 1. The predicted octanol–water partition coefficient (Wildman–Crippen LogP) is 2.69. The molecule has 150 valence electrons. The second-order valence-electron chi connectivity index (χ2n) is 8.06. The molecule has 2 aliphatic rings. The lowest BCUT2D eigenvalue weighted by Crippen LogP contribution is -2.35. The van der Waals surface area contributed by atoms with Crippen LogP contribution in [0.25, 0.3) is 0 Å². The van der Waals surface area contributed by atoms with E-state index in [-0.39, 0.29) is 12.3 Å². The van der Waals surface area contributed by atoms with Crippen LogP contribution in [0, 0.1) is 0 Å². The van der Waals surface area contributed by atoms with E-state index in [0.29, 0.717) is 25.5 Å². The van der Waals surface area contributed by atoms with Crippen molar-refractivity contribution in [3.05, 3.63) is 65.2 Å². The van der Waals surface area contributed by atoms with Crippen LogP contribution in [0.3, 0.4) is 0 Å². The summed E-state index contributed by atoms with van der Waals surface area (Å²) in [5, 5.41) is 20.0. The number of ether oxygens (including phenoxy) is 2. The van der Waals surface area contributed by atoms with Crippen LogP contribution in [0.5, 0.6) is 5.75 Å². The molecule has 0 amide bonds. The van der Waals surface area contributed by atoms with E-state index < -0.39 is 12.2 Å². The van der Waals surface area contributed by atoms with Crippen molar-refractivity contribution in [2.45, 2.75) is 57.3 Å². The number of rotatable bonds is 5. The number of benzene rings is 2. The fourth-order valence-electron chi connectivity index (χ4n) is 4.15. The predicted molar refractivity (Wildman–Crippen MR) is 107 cm³/mol. The molecular weight excluding hydrogens is 354 g/mol. The van der Waals surface area contributed by atoms with Crippen LogP contribution in [-0.2, 0) is 17.6 Å². The minimum Gasteiger partial charge on any atom is -0.491 e. The van der Waals surface area contributed by atoms with Gasteiger partial charge in [-0.25, -0.2) is 0 Å². The van der Waals surface area contributed by atoms with Crippen LogP contribution in [0.1, 0.15) is 36.8 Å². The van der Waals surface area contributed by atoms with Crippen LogP contribution in [0.15, 0.2) is 48.5 Å². The maximum Gasteiger partial charge on any atom is 0.137 e. The molecule has 28 heavy (non-hydrogen) atoms. The van der Waals surface area contributed by atoms with Gasteiger partial charge in [0.05, 0.1) is 12.2 Å². The van der Waals surface area contributed by atoms with E-state index in [1.807, 2.05) is 36.4 Å². The Morgan fingerprint density at radius 3 is 2.54 bits per heavy atom. The molecule has 0 radical (unpaired) electrons. The van der Waals surface area contributed by atoms with Crippen molar-refractivity contribution in [2.24, 2.45) is 0 Å². The lowest BCUT2D eigenvalue weighted by atomic mass is 9.87. The van der Waals surface area contributed by atoms with E-state index in [1.165, 1.54) is 0 Å². The fourth-order valence-corrected chi connectivity index (χ4v) is 4.15. The molecule has 2 N–H and O–H groups in total. The van der Waals surface area contributed by atoms with Crippen LogP contribution in [0.2, 0.25) is 0 Å². The van der Waals surface area contributed by atoms with Gasteiger partial charge in [-0.2, -0.15) is 0 Å². The van der Waals surface area contributed by atoms with Gasteiger partial charge in [-0.1, -0.05) is 42.5 Å². The first kappa shape index (κ1) is 19.4. The molecule has 0 saturated carbocycles. The number of nitrogens with zero attached hydrogens (tertiary/aromatic N) is 1. The molecule has 0 aromatic heterocycles. The molecule has 1 aliphatic heterocycles. The van der Waals surface area contributed by atoms with Crippen LogP contribution in [-0.4, -0.2) is 52.6 Å². The topological polar surface area (TPSA) is 62.2 Å². The summed E-state index contributed by atoms with van der Waals surface area (Å²) in [6.07, 6.45) is -0.640. The van der Waals surface area contributed by atoms with E-state index in [4.69, 9.17) is 9.47 Å². The largest absolute Gasteiger partial charge is 0.491 e. The molecule has 5 heteroatoms. The summed E-state index contributed by atoms with van der Waals surface area (Å²) in [7, 11) is 0. The number of aliphatic hydroxyl groups excluding tert-OH is 2. The Balaban J connectivity index is 1.46. The van der Waals surface area contributed by atoms with E-state index >= 15 is 0 Å². The summed E-state index contributed by atoms with van der Waals surface area (Å²) < 4.78 is 12.5. The number of hydrogen-bond acceptors (Lipinski definition) is 5. The first-order valence-corrected chi connectivity index (χ1v) is 10.1. The zero-order valence-electron chi connectivity index (χ0n) is 16.5. The Labute approximate surface area is 166 Å². The van der Waals surface area contributed by atoms with Crippen molar-refractivity contribution in [1.82, 2.24) is 4.90 Å². The lowest BCUT2D eigenvalue weighted by molar-refractivity contribution is -0.0238. The van der Waals surface area contributed by atoms with Gasteiger partial charge in [-0.3, -0.25) is 4.90 Å². The van der Waals surface area contributed by atoms with Crippen LogP contribution in [0.4, 0.5) is 0 Å². The minimum atomic E-state index is -0.737. The van der Waals surface area contributed by atoms with Crippen molar-refractivity contribution >= 4 is 0 Å². The van der Waals surface area contributed by atoms with Gasteiger partial charge in [0.15, 0.2) is 0 Å². The quantitative estimate of drug-likeness (QED) is 0.831. The highest BCUT2D eigenvalue weighted by Crippen LogP contribution is 2.34. The first-order valence-electron chi connectivity index (χ1n) is 10.1. The lowest BCUT2D eigenvalue weighted by Gasteiger charge is -2.27.